The van der Waals surface area contributed by atoms with Crippen molar-refractivity contribution in [2.45, 2.75) is 6.92 Å². The van der Waals surface area contributed by atoms with Crippen LogP contribution in [0.1, 0.15) is 6.92 Å². The molecule has 0 saturated carbocycles. The van der Waals surface area contributed by atoms with Crippen molar-refractivity contribution < 1.29 is 9.94 Å². The Morgan fingerprint density at radius 2 is 2.45 bits per heavy atom. The van der Waals surface area contributed by atoms with Crippen molar-refractivity contribution >= 4 is 5.82 Å². The highest BCUT2D eigenvalue weighted by molar-refractivity contribution is 5.42. The Labute approximate surface area is 65.4 Å². The predicted octanol–water partition coefficient (Wildman–Crippen LogP) is 0.684. The lowest BCUT2D eigenvalue weighted by Gasteiger charge is -2.05. The fourth-order valence-corrected chi connectivity index (χ4v) is 0.892. The van der Waals surface area contributed by atoms with Gasteiger partial charge in [-0.2, -0.15) is 4.73 Å². The third kappa shape index (κ3) is 1.58. The summed E-state index contributed by atoms with van der Waals surface area (Å²) >= 11 is 0. The van der Waals surface area contributed by atoms with Crippen LogP contribution in [0.25, 0.3) is 0 Å². The Morgan fingerprint density at radius 1 is 1.73 bits per heavy atom. The summed E-state index contributed by atoms with van der Waals surface area (Å²) in [6, 6.07) is 1.60. The highest BCUT2D eigenvalue weighted by Gasteiger charge is 2.02. The number of hydrogen-bond donors (Lipinski definition) is 2. The highest BCUT2D eigenvalue weighted by Crippen LogP contribution is 2.17. The molecule has 1 aromatic heterocycles. The van der Waals surface area contributed by atoms with Gasteiger partial charge in [-0.25, -0.2) is 0 Å². The molecule has 62 valence electrons. The summed E-state index contributed by atoms with van der Waals surface area (Å²) in [5.41, 5.74) is 0. The predicted molar refractivity (Wildman–Crippen MR) is 42.8 cm³/mol. The second-order valence-electron chi connectivity index (χ2n) is 2.12. The SMILES string of the molecule is CCNc1cc(O)cn1OC. The molecule has 0 bridgehead atoms. The molecule has 0 atom stereocenters. The van der Waals surface area contributed by atoms with E-state index in [0.29, 0.717) is 0 Å². The van der Waals surface area contributed by atoms with Crippen molar-refractivity contribution in [2.75, 3.05) is 19.0 Å². The van der Waals surface area contributed by atoms with Gasteiger partial charge in [0.25, 0.3) is 0 Å². The molecule has 1 aromatic rings. The Kier molecular flexibility index (Phi) is 2.25. The van der Waals surface area contributed by atoms with E-state index in [2.05, 4.69) is 5.32 Å². The van der Waals surface area contributed by atoms with Gasteiger partial charge < -0.3 is 15.3 Å². The van der Waals surface area contributed by atoms with Crippen molar-refractivity contribution in [1.29, 1.82) is 0 Å². The van der Waals surface area contributed by atoms with E-state index in [9.17, 15) is 0 Å². The first-order chi connectivity index (χ1) is 5.27. The fourth-order valence-electron chi connectivity index (χ4n) is 0.892. The molecule has 0 fully saturated rings. The Morgan fingerprint density at radius 3 is 3.00 bits per heavy atom. The van der Waals surface area contributed by atoms with Crippen molar-refractivity contribution in [1.82, 2.24) is 4.73 Å². The molecule has 0 aliphatic carbocycles. The fraction of sp³-hybridized carbons (Fsp3) is 0.429. The first-order valence-corrected chi connectivity index (χ1v) is 3.47. The monoisotopic (exact) mass is 156 g/mol. The van der Waals surface area contributed by atoms with Crippen molar-refractivity contribution in [3.8, 4) is 5.75 Å². The summed E-state index contributed by atoms with van der Waals surface area (Å²) in [4.78, 5) is 4.91. The second-order valence-corrected chi connectivity index (χ2v) is 2.12. The smallest absolute Gasteiger partial charge is 0.146 e. The molecule has 0 amide bonds. The van der Waals surface area contributed by atoms with Crippen LogP contribution in [0.2, 0.25) is 0 Å². The maximum Gasteiger partial charge on any atom is 0.146 e. The summed E-state index contributed by atoms with van der Waals surface area (Å²) in [6.07, 6.45) is 1.50. The lowest BCUT2D eigenvalue weighted by Crippen LogP contribution is -2.09. The van der Waals surface area contributed by atoms with Gasteiger partial charge in [-0.1, -0.05) is 0 Å². The number of aromatic hydroxyl groups is 1. The van der Waals surface area contributed by atoms with Gasteiger partial charge in [0.15, 0.2) is 0 Å². The molecule has 11 heavy (non-hydrogen) atoms. The summed E-state index contributed by atoms with van der Waals surface area (Å²) < 4.78 is 1.47. The lowest BCUT2D eigenvalue weighted by atomic mass is 10.5. The molecule has 0 spiro atoms. The summed E-state index contributed by atoms with van der Waals surface area (Å²) in [7, 11) is 1.54. The van der Waals surface area contributed by atoms with Crippen molar-refractivity contribution in [3.05, 3.63) is 12.3 Å². The minimum absolute atomic E-state index is 0.197. The third-order valence-corrected chi connectivity index (χ3v) is 1.33. The summed E-state index contributed by atoms with van der Waals surface area (Å²) in [5.74, 6) is 0.954. The highest BCUT2D eigenvalue weighted by atomic mass is 16.6. The van der Waals surface area contributed by atoms with Crippen LogP contribution < -0.4 is 10.2 Å². The second kappa shape index (κ2) is 3.18. The Bertz CT molecular complexity index is 232. The van der Waals surface area contributed by atoms with Gasteiger partial charge in [-0.15, -0.1) is 0 Å². The maximum absolute atomic E-state index is 9.05. The first-order valence-electron chi connectivity index (χ1n) is 3.47. The van der Waals surface area contributed by atoms with E-state index in [1.54, 1.807) is 13.2 Å². The number of aromatic nitrogens is 1. The van der Waals surface area contributed by atoms with Gasteiger partial charge in [0.2, 0.25) is 0 Å². The van der Waals surface area contributed by atoms with E-state index in [-0.39, 0.29) is 5.75 Å². The van der Waals surface area contributed by atoms with Crippen LogP contribution in [0.4, 0.5) is 5.82 Å². The maximum atomic E-state index is 9.05. The van der Waals surface area contributed by atoms with Crippen molar-refractivity contribution in [3.63, 3.8) is 0 Å². The number of hydrogen-bond acceptors (Lipinski definition) is 3. The molecule has 2 N–H and O–H groups in total. The van der Waals surface area contributed by atoms with Crippen molar-refractivity contribution in [2.24, 2.45) is 0 Å². The molecule has 0 aliphatic rings. The first kappa shape index (κ1) is 7.78. The zero-order valence-corrected chi connectivity index (χ0v) is 6.66. The van der Waals surface area contributed by atoms with Gasteiger partial charge in [-0.3, -0.25) is 0 Å². The van der Waals surface area contributed by atoms with Gasteiger partial charge in [0.1, 0.15) is 18.7 Å². The zero-order chi connectivity index (χ0) is 8.27. The zero-order valence-electron chi connectivity index (χ0n) is 6.66. The van der Waals surface area contributed by atoms with Gasteiger partial charge in [0.05, 0.1) is 6.20 Å². The average molecular weight is 156 g/mol. The molecular formula is C7H12N2O2. The molecule has 1 rings (SSSR count). The topological polar surface area (TPSA) is 46.4 Å². The minimum Gasteiger partial charge on any atom is -0.506 e. The number of nitrogens with one attached hydrogen (secondary N) is 1. The summed E-state index contributed by atoms with van der Waals surface area (Å²) in [5, 5.41) is 12.1. The van der Waals surface area contributed by atoms with Crippen LogP contribution in [0.3, 0.4) is 0 Å². The van der Waals surface area contributed by atoms with E-state index in [1.807, 2.05) is 6.92 Å². The van der Waals surface area contributed by atoms with Crippen LogP contribution in [0, 0.1) is 0 Å². The van der Waals surface area contributed by atoms with Gasteiger partial charge >= 0.3 is 0 Å². The van der Waals surface area contributed by atoms with E-state index in [4.69, 9.17) is 9.94 Å². The Balaban J connectivity index is 2.83. The lowest BCUT2D eigenvalue weighted by molar-refractivity contribution is 0.171. The standard InChI is InChI=1S/C7H12N2O2/c1-3-8-7-4-6(10)5-9(7)11-2/h4-5,8,10H,3H2,1-2H3. The minimum atomic E-state index is 0.197. The Hall–Kier alpha value is -1.32. The molecule has 4 nitrogen and oxygen atoms in total. The van der Waals surface area contributed by atoms with Crippen LogP contribution in [-0.4, -0.2) is 23.5 Å². The molecular weight excluding hydrogens is 144 g/mol. The summed E-state index contributed by atoms with van der Waals surface area (Å²) in [6.45, 7) is 2.77. The van der Waals surface area contributed by atoms with E-state index < -0.39 is 0 Å². The van der Waals surface area contributed by atoms with Gasteiger partial charge in [-0.05, 0) is 6.92 Å². The number of rotatable bonds is 3. The molecule has 0 unspecified atom stereocenters. The van der Waals surface area contributed by atoms with Crippen LogP contribution in [0.5, 0.6) is 5.75 Å². The largest absolute Gasteiger partial charge is 0.506 e. The average Bonchev–Trinajstić information content (AvgIpc) is 2.32. The van der Waals surface area contributed by atoms with Gasteiger partial charge in [0, 0.05) is 12.6 Å². The quantitative estimate of drug-likeness (QED) is 0.676. The number of nitrogens with zero attached hydrogens (tertiary/aromatic N) is 1. The van der Waals surface area contributed by atoms with Crippen LogP contribution in [0.15, 0.2) is 12.3 Å². The molecule has 0 saturated heterocycles. The molecule has 4 heteroatoms. The third-order valence-electron chi connectivity index (χ3n) is 1.33. The molecule has 0 aliphatic heterocycles. The molecule has 0 radical (unpaired) electrons. The van der Waals surface area contributed by atoms with Crippen LogP contribution >= 0.6 is 0 Å². The van der Waals surface area contributed by atoms with E-state index in [0.717, 1.165) is 12.4 Å². The van der Waals surface area contributed by atoms with E-state index >= 15 is 0 Å². The van der Waals surface area contributed by atoms with E-state index in [1.165, 1.54) is 10.9 Å². The van der Waals surface area contributed by atoms with Crippen LogP contribution in [-0.2, 0) is 0 Å². The number of anilines is 1. The normalized spacial score (nSPS) is 9.64. The molecule has 1 heterocycles. The molecule has 0 aromatic carbocycles.